The summed E-state index contributed by atoms with van der Waals surface area (Å²) in [6, 6.07) is 0. The zero-order valence-electron chi connectivity index (χ0n) is 34.1. The van der Waals surface area contributed by atoms with Crippen LogP contribution in [0.25, 0.3) is 0 Å². The van der Waals surface area contributed by atoms with E-state index in [2.05, 4.69) is 0 Å². The molecule has 6 N–H and O–H groups in total. The van der Waals surface area contributed by atoms with Crippen molar-refractivity contribution in [1.29, 1.82) is 0 Å². The smallest absolute Gasteiger partial charge is 0.549 e. The van der Waals surface area contributed by atoms with E-state index in [1.165, 1.54) is 0 Å². The topological polar surface area (TPSA) is 596 Å². The van der Waals surface area contributed by atoms with Crippen molar-refractivity contribution in [1.82, 2.24) is 29.4 Å². The van der Waals surface area contributed by atoms with Gasteiger partial charge in [-0.15, -0.1) is 0 Å². The van der Waals surface area contributed by atoms with Crippen LogP contribution in [0.2, 0.25) is 0 Å². The van der Waals surface area contributed by atoms with Crippen LogP contribution in [0.1, 0.15) is 0 Å². The third-order valence-corrected chi connectivity index (χ3v) is 6.43. The van der Waals surface area contributed by atoms with Gasteiger partial charge in [0.2, 0.25) is 0 Å². The van der Waals surface area contributed by atoms with E-state index < -0.39 is 150 Å². The molecule has 0 spiro atoms. The van der Waals surface area contributed by atoms with Gasteiger partial charge in [-0.1, -0.05) is 0 Å². The number of rotatable bonds is 33. The molecule has 0 heterocycles. The molecule has 33 nitrogen and oxygen atoms in total. The molecular weight excluding hydrogens is 1100 g/mol. The molecule has 386 valence electrons. The number of hydrogen-bond acceptors (Lipinski definition) is 30. The molecule has 0 aromatic heterocycles. The van der Waals surface area contributed by atoms with Gasteiger partial charge in [-0.25, -0.2) is 0 Å². The molecule has 0 fully saturated rings. The first kappa shape index (κ1) is 85.6. The minimum Gasteiger partial charge on any atom is -0.549 e. The first-order valence-corrected chi connectivity index (χ1v) is 16.3. The third kappa shape index (κ3) is 63.5. The second-order valence-electron chi connectivity index (χ2n) is 11.7. The average Bonchev–Trinajstić information content (AvgIpc) is 3.02. The largest absolute Gasteiger partial charge is 3.00 e. The Bertz CT molecular complexity index is 1140. The van der Waals surface area contributed by atoms with Crippen molar-refractivity contribution >= 4 is 71.6 Å². The van der Waals surface area contributed by atoms with Crippen molar-refractivity contribution in [3.63, 3.8) is 0 Å². The number of carbonyl (C=O) groups excluding carboxylic acids is 12. The Morgan fingerprint density at radius 1 is 0.194 bits per heavy atom. The van der Waals surface area contributed by atoms with E-state index in [1.54, 1.807) is 0 Å². The van der Waals surface area contributed by atoms with Gasteiger partial charge in [-0.2, -0.15) is 0 Å². The predicted molar refractivity (Wildman–Crippen MR) is 170 cm³/mol. The second-order valence-corrected chi connectivity index (χ2v) is 11.7. The fraction of sp³-hybridized carbons (Fsp3) is 0.600. The van der Waals surface area contributed by atoms with E-state index in [0.717, 1.165) is 29.4 Å². The minimum absolute atomic E-state index is 0. The van der Waals surface area contributed by atoms with Gasteiger partial charge < -0.3 is 135 Å². The van der Waals surface area contributed by atoms with Gasteiger partial charge in [0.15, 0.2) is 0 Å². The third-order valence-electron chi connectivity index (χ3n) is 6.43. The Labute approximate surface area is 420 Å². The van der Waals surface area contributed by atoms with Gasteiger partial charge in [0.25, 0.3) is 0 Å². The monoisotopic (exact) mass is 1140 g/mol. The predicted octanol–water partition coefficient (Wildman–Crippen LogP) is -24.7. The number of hydrogen-bond donors (Lipinski definition) is 0. The summed E-state index contributed by atoms with van der Waals surface area (Å²) in [4.78, 5) is 130. The molecule has 0 aliphatic rings. The zero-order chi connectivity index (χ0) is 47.1. The van der Waals surface area contributed by atoms with Gasteiger partial charge >= 0.3 is 68.3 Å². The fourth-order valence-corrected chi connectivity index (χ4v) is 4.32. The number of aliphatic carboxylic acids is 12. The molecule has 0 amide bonds. The Morgan fingerprint density at radius 3 is 0.299 bits per heavy atom. The van der Waals surface area contributed by atoms with Crippen LogP contribution in [0.5, 0.6) is 0 Å². The Hall–Kier alpha value is -4.64. The molecule has 67 heavy (non-hydrogen) atoms. The summed E-state index contributed by atoms with van der Waals surface area (Å²) in [5.41, 5.74) is 0. The van der Waals surface area contributed by atoms with Crippen LogP contribution in [0.15, 0.2) is 0 Å². The van der Waals surface area contributed by atoms with Crippen molar-refractivity contribution in [2.75, 3.05) is 118 Å². The summed E-state index contributed by atoms with van der Waals surface area (Å²) < 4.78 is 0. The molecule has 0 saturated heterocycles. The molecule has 0 aromatic rings. The first-order chi connectivity index (χ1) is 27.6. The van der Waals surface area contributed by atoms with Crippen LogP contribution in [0, 0.1) is 0 Å². The van der Waals surface area contributed by atoms with Crippen LogP contribution in [-0.4, -0.2) is 235 Å². The van der Waals surface area contributed by atoms with Gasteiger partial charge in [0.05, 0.1) is 71.6 Å². The molecule has 0 unspecified atom stereocenters. The van der Waals surface area contributed by atoms with Crippen molar-refractivity contribution in [3.05, 3.63) is 0 Å². The number of carbonyl (C=O) groups is 12. The molecule has 4 radical (unpaired) electrons. The number of carboxylic acid groups (broad SMARTS) is 12. The van der Waals surface area contributed by atoms with Crippen LogP contribution in [0.3, 0.4) is 0 Å². The molecule has 0 bridgehead atoms. The maximum Gasteiger partial charge on any atom is 3.00 e. The molecule has 0 atom stereocenters. The van der Waals surface area contributed by atoms with E-state index in [1.807, 2.05) is 0 Å². The van der Waals surface area contributed by atoms with E-state index >= 15 is 0 Å². The van der Waals surface area contributed by atoms with Crippen molar-refractivity contribution in [2.45, 2.75) is 0 Å². The molecule has 0 rings (SSSR count). The van der Waals surface area contributed by atoms with E-state index in [4.69, 9.17) is 0 Å². The van der Waals surface area contributed by atoms with Gasteiger partial charge in [0, 0.05) is 118 Å². The standard InChI is InChI=1S/3C10H16N2O8.4Fe.3H2O/c3*13-7(14)3-11(4-8(15)16)1-2-12(5-9(17)18)6-10(19)20;;;;;;;/h3*1-6H2,(H,13,14)(H,15,16)(H,17,18)(H,19,20);;;;;3*1H2/q;;;4*+3;;;/p-12. The van der Waals surface area contributed by atoms with Crippen molar-refractivity contribution in [2.24, 2.45) is 0 Å². The Kier molecular flexibility index (Phi) is 63.0. The van der Waals surface area contributed by atoms with Gasteiger partial charge in [-0.05, 0) is 0 Å². The zero-order valence-corrected chi connectivity index (χ0v) is 38.5. The quantitative estimate of drug-likeness (QED) is 0.0551. The van der Waals surface area contributed by atoms with E-state index in [0.29, 0.717) is 0 Å². The average molecular weight is 1140 g/mol. The van der Waals surface area contributed by atoms with Crippen LogP contribution in [-0.2, 0) is 126 Å². The molecule has 37 heteroatoms. The van der Waals surface area contributed by atoms with Crippen molar-refractivity contribution < 1.29 is 204 Å². The Morgan fingerprint density at radius 2 is 0.254 bits per heavy atom. The van der Waals surface area contributed by atoms with Crippen LogP contribution in [0.4, 0.5) is 0 Å². The van der Waals surface area contributed by atoms with Crippen molar-refractivity contribution in [3.8, 4) is 0 Å². The number of nitrogens with zero attached hydrogens (tertiary/aromatic N) is 6. The molecule has 0 aliphatic carbocycles. The maximum atomic E-state index is 10.4. The Balaban J connectivity index is -0.0000000864. The normalized spacial score (nSPS) is 9.58. The van der Waals surface area contributed by atoms with Crippen LogP contribution >= 0.6 is 0 Å². The molecular formula is C30H42Fe4N6O27. The second kappa shape index (κ2) is 49.3. The first-order valence-electron chi connectivity index (χ1n) is 16.3. The summed E-state index contributed by atoms with van der Waals surface area (Å²) in [6.45, 7) is -9.75. The van der Waals surface area contributed by atoms with Gasteiger partial charge in [-0.3, -0.25) is 29.4 Å². The molecule has 0 aliphatic heterocycles. The maximum absolute atomic E-state index is 10.4. The van der Waals surface area contributed by atoms with E-state index in [9.17, 15) is 119 Å². The minimum atomic E-state index is -1.53. The van der Waals surface area contributed by atoms with Crippen LogP contribution < -0.4 is 61.3 Å². The van der Waals surface area contributed by atoms with E-state index in [-0.39, 0.29) is 124 Å². The number of carboxylic acids is 12. The summed E-state index contributed by atoms with van der Waals surface area (Å²) >= 11 is 0. The summed E-state index contributed by atoms with van der Waals surface area (Å²) in [7, 11) is 0. The molecule has 0 saturated carbocycles. The summed E-state index contributed by atoms with van der Waals surface area (Å²) in [6.07, 6.45) is 0. The van der Waals surface area contributed by atoms with Gasteiger partial charge in [0.1, 0.15) is 0 Å². The molecule has 0 aromatic carbocycles. The summed E-state index contributed by atoms with van der Waals surface area (Å²) in [5, 5.41) is 125. The SMILES string of the molecule is O.O.O.O=C([O-])CN(CCN(CC(=O)[O-])CC(=O)[O-])CC(=O)[O-].O=C([O-])CN(CCN(CC(=O)[O-])CC(=O)[O-])CC(=O)[O-].O=C([O-])CN(CCN(CC(=O)[O-])CC(=O)[O-])CC(=O)[O-].[Fe+3].[Fe+3].[Fe+3].[Fe+3]. The summed E-state index contributed by atoms with van der Waals surface area (Å²) in [5.74, 6) is -18.4. The fourth-order valence-electron chi connectivity index (χ4n) is 4.32.